The van der Waals surface area contributed by atoms with Crippen LogP contribution in [0.1, 0.15) is 39.3 Å². The number of benzene rings is 2. The van der Waals surface area contributed by atoms with E-state index in [1.165, 1.54) is 17.0 Å². The third-order valence-electron chi connectivity index (χ3n) is 6.68. The van der Waals surface area contributed by atoms with Gasteiger partial charge in [0.25, 0.3) is 5.91 Å². The van der Waals surface area contributed by atoms with Crippen molar-refractivity contribution in [3.05, 3.63) is 82.1 Å². The van der Waals surface area contributed by atoms with Crippen molar-refractivity contribution in [1.82, 2.24) is 14.9 Å². The molecule has 1 aliphatic heterocycles. The van der Waals surface area contributed by atoms with Crippen molar-refractivity contribution < 1.29 is 22.7 Å². The van der Waals surface area contributed by atoms with Crippen LogP contribution < -0.4 is 20.3 Å². The summed E-state index contributed by atoms with van der Waals surface area (Å²) >= 11 is 1.58. The van der Waals surface area contributed by atoms with E-state index in [-0.39, 0.29) is 16.9 Å². The molecule has 2 N–H and O–H groups in total. The first-order valence-corrected chi connectivity index (χ1v) is 13.5. The number of hydrogen-bond acceptors (Lipinski definition) is 7. The molecule has 0 radical (unpaired) electrons. The summed E-state index contributed by atoms with van der Waals surface area (Å²) in [6.07, 6.45) is 0.700. The SMILES string of the molecule is COc1ccc(C(=O)Nc2cc(-n3cnc(C)c3)cc(C(F)(F)F)c2)cc1N1CN=C(NC2CC2)c2sccc21. The minimum atomic E-state index is -4.60. The topological polar surface area (TPSA) is 83.8 Å². The first-order valence-electron chi connectivity index (χ1n) is 12.6. The van der Waals surface area contributed by atoms with Gasteiger partial charge in [-0.25, -0.2) is 9.98 Å². The molecule has 6 rings (SSSR count). The van der Waals surface area contributed by atoms with Gasteiger partial charge in [0, 0.05) is 29.2 Å². The predicted octanol–water partition coefficient (Wildman–Crippen LogP) is 6.13. The van der Waals surface area contributed by atoms with Crippen LogP contribution in [0.4, 0.5) is 30.2 Å². The molecular formula is C28H25F3N6O2S. The van der Waals surface area contributed by atoms with Gasteiger partial charge in [0.05, 0.1) is 40.9 Å². The Balaban J connectivity index is 1.31. The second-order valence-corrected chi connectivity index (χ2v) is 10.6. The number of nitrogens with zero attached hydrogens (tertiary/aromatic N) is 4. The van der Waals surface area contributed by atoms with Crippen molar-refractivity contribution in [2.45, 2.75) is 32.0 Å². The summed E-state index contributed by atoms with van der Waals surface area (Å²) in [5, 5.41) is 8.10. The first-order chi connectivity index (χ1) is 19.2. The molecule has 0 bridgehead atoms. The Morgan fingerprint density at radius 3 is 2.65 bits per heavy atom. The van der Waals surface area contributed by atoms with Crippen LogP contribution in [-0.4, -0.2) is 41.1 Å². The van der Waals surface area contributed by atoms with Crippen LogP contribution in [-0.2, 0) is 6.18 Å². The summed E-state index contributed by atoms with van der Waals surface area (Å²) < 4.78 is 48.2. The average molecular weight is 567 g/mol. The zero-order chi connectivity index (χ0) is 28.0. The van der Waals surface area contributed by atoms with Crippen molar-refractivity contribution in [3.63, 3.8) is 0 Å². The number of amides is 1. The van der Waals surface area contributed by atoms with Gasteiger partial charge in [-0.2, -0.15) is 13.2 Å². The number of anilines is 3. The number of nitrogens with one attached hydrogen (secondary N) is 2. The number of imidazole rings is 1. The number of carbonyl (C=O) groups is 1. The number of hydrogen-bond donors (Lipinski definition) is 2. The highest BCUT2D eigenvalue weighted by atomic mass is 32.1. The van der Waals surface area contributed by atoms with Crippen molar-refractivity contribution in [2.75, 3.05) is 24.0 Å². The number of rotatable bonds is 6. The number of aromatic nitrogens is 2. The van der Waals surface area contributed by atoms with E-state index < -0.39 is 17.6 Å². The molecule has 2 aromatic carbocycles. The van der Waals surface area contributed by atoms with Crippen LogP contribution in [0.5, 0.6) is 5.75 Å². The summed E-state index contributed by atoms with van der Waals surface area (Å²) in [4.78, 5) is 25.1. The molecule has 3 heterocycles. The van der Waals surface area contributed by atoms with Gasteiger partial charge in [0.15, 0.2) is 0 Å². The molecule has 1 fully saturated rings. The molecule has 8 nitrogen and oxygen atoms in total. The first kappa shape index (κ1) is 25.9. The zero-order valence-electron chi connectivity index (χ0n) is 21.6. The lowest BCUT2D eigenvalue weighted by Crippen LogP contribution is -2.33. The van der Waals surface area contributed by atoms with Gasteiger partial charge in [0.2, 0.25) is 0 Å². The zero-order valence-corrected chi connectivity index (χ0v) is 22.4. The highest BCUT2D eigenvalue weighted by molar-refractivity contribution is 7.12. The van der Waals surface area contributed by atoms with E-state index in [0.717, 1.165) is 41.4 Å². The standard InChI is InChI=1S/C28H25F3N6O2S/c1-16-13-36(14-32-16)21-11-18(28(29,30)31)10-20(12-21)35-27(38)17-3-6-24(39-2)23(9-17)37-15-33-26(34-19-4-5-19)25-22(37)7-8-40-25/h3,6-14,19H,4-5,15H2,1-2H3,(H,33,34)(H,35,38). The van der Waals surface area contributed by atoms with Crippen molar-refractivity contribution in [2.24, 2.45) is 4.99 Å². The highest BCUT2D eigenvalue weighted by Crippen LogP contribution is 2.41. The Kier molecular flexibility index (Phi) is 6.49. The van der Waals surface area contributed by atoms with Gasteiger partial charge in [0.1, 0.15) is 18.3 Å². The van der Waals surface area contributed by atoms with E-state index in [0.29, 0.717) is 29.8 Å². The maximum absolute atomic E-state index is 13.7. The lowest BCUT2D eigenvalue weighted by atomic mass is 10.1. The molecule has 2 aromatic heterocycles. The largest absolute Gasteiger partial charge is 0.495 e. The van der Waals surface area contributed by atoms with Crippen LogP contribution in [0.25, 0.3) is 5.69 Å². The normalized spacial score (nSPS) is 14.9. The Labute approximate surface area is 232 Å². The monoisotopic (exact) mass is 566 g/mol. The lowest BCUT2D eigenvalue weighted by Gasteiger charge is -2.29. The van der Waals surface area contributed by atoms with E-state index in [1.807, 2.05) is 16.3 Å². The Morgan fingerprint density at radius 1 is 1.12 bits per heavy atom. The molecule has 1 saturated carbocycles. The summed E-state index contributed by atoms with van der Waals surface area (Å²) in [6, 6.07) is 10.8. The fourth-order valence-electron chi connectivity index (χ4n) is 4.52. The van der Waals surface area contributed by atoms with E-state index >= 15 is 0 Å². The van der Waals surface area contributed by atoms with Crippen LogP contribution >= 0.6 is 11.3 Å². The summed E-state index contributed by atoms with van der Waals surface area (Å²) in [7, 11) is 1.54. The molecule has 206 valence electrons. The molecule has 40 heavy (non-hydrogen) atoms. The molecule has 1 amide bonds. The van der Waals surface area contributed by atoms with E-state index in [4.69, 9.17) is 9.73 Å². The molecule has 12 heteroatoms. The molecule has 0 spiro atoms. The van der Waals surface area contributed by atoms with Crippen LogP contribution in [0, 0.1) is 6.92 Å². The summed E-state index contributed by atoms with van der Waals surface area (Å²) in [5.41, 5.74) is 1.84. The molecule has 0 saturated heterocycles. The minimum absolute atomic E-state index is 0.0111. The number of methoxy groups -OCH3 is 1. The van der Waals surface area contributed by atoms with Crippen molar-refractivity contribution in [1.29, 1.82) is 0 Å². The Hall–Kier alpha value is -4.32. The van der Waals surface area contributed by atoms with Crippen molar-refractivity contribution >= 4 is 40.1 Å². The second kappa shape index (κ2) is 10.0. The number of aliphatic imine (C=N–C) groups is 1. The van der Waals surface area contributed by atoms with Gasteiger partial charge in [-0.3, -0.25) is 4.79 Å². The number of carbonyl (C=O) groups excluding carboxylic acids is 1. The molecule has 0 atom stereocenters. The average Bonchev–Trinajstić information content (AvgIpc) is 3.40. The summed E-state index contributed by atoms with van der Waals surface area (Å²) in [6.45, 7) is 2.06. The number of thiophene rings is 1. The molecule has 0 unspecified atom stereocenters. The van der Waals surface area contributed by atoms with Gasteiger partial charge < -0.3 is 24.8 Å². The molecular weight excluding hydrogens is 541 g/mol. The Morgan fingerprint density at radius 2 is 1.95 bits per heavy atom. The number of amidine groups is 1. The van der Waals surface area contributed by atoms with Gasteiger partial charge in [-0.15, -0.1) is 11.3 Å². The number of ether oxygens (including phenoxy) is 1. The maximum atomic E-state index is 13.7. The highest BCUT2D eigenvalue weighted by Gasteiger charge is 2.32. The smallest absolute Gasteiger partial charge is 0.416 e. The van der Waals surface area contributed by atoms with Gasteiger partial charge in [-0.05, 0) is 67.6 Å². The van der Waals surface area contributed by atoms with E-state index in [2.05, 4.69) is 15.6 Å². The number of fused-ring (bicyclic) bond motifs is 1. The number of alkyl halides is 3. The Bertz CT molecular complexity index is 1620. The second-order valence-electron chi connectivity index (χ2n) is 9.66. The third-order valence-corrected chi connectivity index (χ3v) is 7.59. The van der Waals surface area contributed by atoms with Crippen LogP contribution in [0.3, 0.4) is 0 Å². The summed E-state index contributed by atoms with van der Waals surface area (Å²) in [5.74, 6) is 0.850. The quantitative estimate of drug-likeness (QED) is 0.293. The fourth-order valence-corrected chi connectivity index (χ4v) is 5.39. The number of halogens is 3. The molecule has 1 aliphatic carbocycles. The van der Waals surface area contributed by atoms with Crippen molar-refractivity contribution in [3.8, 4) is 11.4 Å². The van der Waals surface area contributed by atoms with Crippen LogP contribution in [0.15, 0.2) is 65.4 Å². The predicted molar refractivity (Wildman–Crippen MR) is 148 cm³/mol. The minimum Gasteiger partial charge on any atom is -0.495 e. The maximum Gasteiger partial charge on any atom is 0.416 e. The van der Waals surface area contributed by atoms with Crippen LogP contribution in [0.2, 0.25) is 0 Å². The third kappa shape index (κ3) is 5.14. The van der Waals surface area contributed by atoms with Gasteiger partial charge in [-0.1, -0.05) is 0 Å². The number of aryl methyl sites for hydroxylation is 1. The molecule has 2 aliphatic rings. The molecule has 4 aromatic rings. The fraction of sp³-hybridized carbons (Fsp3) is 0.250. The van der Waals surface area contributed by atoms with E-state index in [9.17, 15) is 18.0 Å². The van der Waals surface area contributed by atoms with Gasteiger partial charge >= 0.3 is 6.18 Å². The van der Waals surface area contributed by atoms with E-state index in [1.54, 1.807) is 49.8 Å². The lowest BCUT2D eigenvalue weighted by molar-refractivity contribution is -0.137.